The van der Waals surface area contributed by atoms with Gasteiger partial charge in [-0.1, -0.05) is 37.6 Å². The standard InChI is InChI=1S/C20H26N2O5/c1-5-12(2)19(20(24)25)21-18(23)10-15-6-8-16(9-7-15)26-11-17-13(3)22-27-14(17)4/h6-9,12,19H,5,10-11H2,1-4H3,(H,21,23)(H,24,25)/t12-,19-/m0/s1. The first kappa shape index (κ1) is 20.5. The molecule has 1 aromatic heterocycles. The molecular weight excluding hydrogens is 348 g/mol. The van der Waals surface area contributed by atoms with E-state index in [1.54, 1.807) is 24.3 Å². The van der Waals surface area contributed by atoms with E-state index >= 15 is 0 Å². The highest BCUT2D eigenvalue weighted by molar-refractivity contribution is 5.85. The molecule has 146 valence electrons. The van der Waals surface area contributed by atoms with E-state index < -0.39 is 12.0 Å². The Morgan fingerprint density at radius 3 is 2.44 bits per heavy atom. The topological polar surface area (TPSA) is 102 Å². The Hall–Kier alpha value is -2.83. The molecule has 2 rings (SSSR count). The molecule has 0 aliphatic carbocycles. The van der Waals surface area contributed by atoms with Crippen molar-refractivity contribution in [3.05, 3.63) is 46.8 Å². The van der Waals surface area contributed by atoms with E-state index in [-0.39, 0.29) is 18.2 Å². The van der Waals surface area contributed by atoms with Gasteiger partial charge in [-0.15, -0.1) is 0 Å². The third-order valence-corrected chi connectivity index (χ3v) is 4.65. The summed E-state index contributed by atoms with van der Waals surface area (Å²) < 4.78 is 10.8. The lowest BCUT2D eigenvalue weighted by Crippen LogP contribution is -2.45. The lowest BCUT2D eigenvalue weighted by molar-refractivity contribution is -0.143. The van der Waals surface area contributed by atoms with Crippen LogP contribution < -0.4 is 10.1 Å². The predicted octanol–water partition coefficient (Wildman–Crippen LogP) is 3.03. The van der Waals surface area contributed by atoms with Crippen LogP contribution in [0.5, 0.6) is 5.75 Å². The van der Waals surface area contributed by atoms with Crippen LogP contribution in [-0.4, -0.2) is 28.2 Å². The molecule has 27 heavy (non-hydrogen) atoms. The third-order valence-electron chi connectivity index (χ3n) is 4.65. The molecule has 1 heterocycles. The molecular formula is C20H26N2O5. The number of nitrogens with zero attached hydrogens (tertiary/aromatic N) is 1. The highest BCUT2D eigenvalue weighted by Crippen LogP contribution is 2.18. The molecule has 0 saturated heterocycles. The highest BCUT2D eigenvalue weighted by Gasteiger charge is 2.25. The average Bonchev–Trinajstić information content (AvgIpc) is 2.96. The van der Waals surface area contributed by atoms with Crippen molar-refractivity contribution in [3.8, 4) is 5.75 Å². The van der Waals surface area contributed by atoms with E-state index in [1.807, 2.05) is 27.7 Å². The van der Waals surface area contributed by atoms with E-state index in [4.69, 9.17) is 9.26 Å². The zero-order chi connectivity index (χ0) is 20.0. The lowest BCUT2D eigenvalue weighted by atomic mass is 9.99. The normalized spacial score (nSPS) is 13.0. The van der Waals surface area contributed by atoms with E-state index in [1.165, 1.54) is 0 Å². The number of aliphatic carboxylic acids is 1. The predicted molar refractivity (Wildman–Crippen MR) is 99.5 cm³/mol. The minimum absolute atomic E-state index is 0.115. The molecule has 0 bridgehead atoms. The van der Waals surface area contributed by atoms with Crippen LogP contribution >= 0.6 is 0 Å². The number of ether oxygens (including phenoxy) is 1. The number of carboxylic acids is 1. The van der Waals surface area contributed by atoms with Crippen molar-refractivity contribution in [2.24, 2.45) is 5.92 Å². The summed E-state index contributed by atoms with van der Waals surface area (Å²) in [5.41, 5.74) is 2.50. The monoisotopic (exact) mass is 374 g/mol. The SMILES string of the molecule is CC[C@H](C)[C@H](NC(=O)Cc1ccc(OCc2c(C)noc2C)cc1)C(=O)O. The maximum atomic E-state index is 12.2. The van der Waals surface area contributed by atoms with Crippen molar-refractivity contribution in [1.29, 1.82) is 0 Å². The number of benzene rings is 1. The number of aryl methyl sites for hydroxylation is 2. The van der Waals surface area contributed by atoms with Gasteiger partial charge >= 0.3 is 5.97 Å². The summed E-state index contributed by atoms with van der Waals surface area (Å²) in [5.74, 6) is -0.0586. The summed E-state index contributed by atoms with van der Waals surface area (Å²) in [7, 11) is 0. The fraction of sp³-hybridized carbons (Fsp3) is 0.450. The molecule has 0 saturated carbocycles. The fourth-order valence-corrected chi connectivity index (χ4v) is 2.66. The first-order valence-electron chi connectivity index (χ1n) is 8.97. The van der Waals surface area contributed by atoms with Gasteiger partial charge in [0.2, 0.25) is 5.91 Å². The molecule has 0 spiro atoms. The van der Waals surface area contributed by atoms with Gasteiger partial charge in [0.1, 0.15) is 24.2 Å². The fourth-order valence-electron chi connectivity index (χ4n) is 2.66. The Balaban J connectivity index is 1.91. The number of amides is 1. The minimum atomic E-state index is -1.01. The number of aromatic nitrogens is 1. The molecule has 2 N–H and O–H groups in total. The number of nitrogens with one attached hydrogen (secondary N) is 1. The van der Waals surface area contributed by atoms with Crippen LogP contribution in [0, 0.1) is 19.8 Å². The van der Waals surface area contributed by atoms with Gasteiger partial charge in [0, 0.05) is 0 Å². The van der Waals surface area contributed by atoms with Crippen LogP contribution in [0.1, 0.15) is 42.8 Å². The van der Waals surface area contributed by atoms with Crippen molar-refractivity contribution in [3.63, 3.8) is 0 Å². The van der Waals surface area contributed by atoms with Crippen LogP contribution in [0.15, 0.2) is 28.8 Å². The maximum Gasteiger partial charge on any atom is 0.326 e. The van der Waals surface area contributed by atoms with Crippen molar-refractivity contribution in [2.75, 3.05) is 0 Å². The summed E-state index contributed by atoms with van der Waals surface area (Å²) in [4.78, 5) is 23.5. The molecule has 0 fully saturated rings. The summed E-state index contributed by atoms with van der Waals surface area (Å²) in [6, 6.07) is 6.27. The minimum Gasteiger partial charge on any atom is -0.489 e. The van der Waals surface area contributed by atoms with Crippen LogP contribution in [0.2, 0.25) is 0 Å². The van der Waals surface area contributed by atoms with Crippen molar-refractivity contribution in [1.82, 2.24) is 10.5 Å². The number of rotatable bonds is 9. The number of carbonyl (C=O) groups is 2. The van der Waals surface area contributed by atoms with Gasteiger partial charge in [-0.05, 0) is 37.5 Å². The van der Waals surface area contributed by atoms with Gasteiger partial charge in [-0.2, -0.15) is 0 Å². The molecule has 0 aliphatic rings. The summed E-state index contributed by atoms with van der Waals surface area (Å²) in [6.45, 7) is 7.76. The molecule has 7 nitrogen and oxygen atoms in total. The van der Waals surface area contributed by atoms with Crippen LogP contribution in [0.3, 0.4) is 0 Å². The zero-order valence-corrected chi connectivity index (χ0v) is 16.1. The number of hydrogen-bond acceptors (Lipinski definition) is 5. The second kappa shape index (κ2) is 9.21. The molecule has 0 radical (unpaired) electrons. The molecule has 0 aliphatic heterocycles. The Morgan fingerprint density at radius 2 is 1.93 bits per heavy atom. The van der Waals surface area contributed by atoms with Gasteiger partial charge in [0.05, 0.1) is 17.7 Å². The smallest absolute Gasteiger partial charge is 0.326 e. The van der Waals surface area contributed by atoms with Gasteiger partial charge < -0.3 is 19.7 Å². The molecule has 0 unspecified atom stereocenters. The number of hydrogen-bond donors (Lipinski definition) is 2. The second-order valence-corrected chi connectivity index (χ2v) is 6.68. The van der Waals surface area contributed by atoms with Crippen LogP contribution in [0.4, 0.5) is 0 Å². The Morgan fingerprint density at radius 1 is 1.26 bits per heavy atom. The van der Waals surface area contributed by atoms with E-state index in [0.29, 0.717) is 18.8 Å². The number of carboxylic acid groups (broad SMARTS) is 1. The zero-order valence-electron chi connectivity index (χ0n) is 16.1. The quantitative estimate of drug-likeness (QED) is 0.699. The van der Waals surface area contributed by atoms with Crippen molar-refractivity contribution in [2.45, 2.75) is 53.2 Å². The van der Waals surface area contributed by atoms with Crippen LogP contribution in [-0.2, 0) is 22.6 Å². The Bertz CT molecular complexity index is 763. The van der Waals surface area contributed by atoms with Gasteiger partial charge in [-0.3, -0.25) is 4.79 Å². The first-order valence-corrected chi connectivity index (χ1v) is 8.97. The largest absolute Gasteiger partial charge is 0.489 e. The Kier molecular flexibility index (Phi) is 6.98. The lowest BCUT2D eigenvalue weighted by Gasteiger charge is -2.20. The van der Waals surface area contributed by atoms with E-state index in [2.05, 4.69) is 10.5 Å². The van der Waals surface area contributed by atoms with Crippen molar-refractivity contribution < 1.29 is 24.0 Å². The van der Waals surface area contributed by atoms with Crippen molar-refractivity contribution >= 4 is 11.9 Å². The highest BCUT2D eigenvalue weighted by atomic mass is 16.5. The summed E-state index contributed by atoms with van der Waals surface area (Å²) >= 11 is 0. The summed E-state index contributed by atoms with van der Waals surface area (Å²) in [5, 5.41) is 15.7. The molecule has 2 aromatic rings. The molecule has 7 heteroatoms. The molecule has 1 amide bonds. The van der Waals surface area contributed by atoms with Gasteiger partial charge in [0.15, 0.2) is 0 Å². The second-order valence-electron chi connectivity index (χ2n) is 6.68. The first-order chi connectivity index (χ1) is 12.8. The molecule has 2 atom stereocenters. The third kappa shape index (κ3) is 5.57. The Labute approximate surface area is 158 Å². The summed E-state index contributed by atoms with van der Waals surface area (Å²) in [6.07, 6.45) is 0.790. The average molecular weight is 374 g/mol. The van der Waals surface area contributed by atoms with E-state index in [0.717, 1.165) is 22.6 Å². The van der Waals surface area contributed by atoms with Gasteiger partial charge in [0.25, 0.3) is 0 Å². The number of carbonyl (C=O) groups excluding carboxylic acids is 1. The van der Waals surface area contributed by atoms with E-state index in [9.17, 15) is 14.7 Å². The molecule has 1 aromatic carbocycles. The van der Waals surface area contributed by atoms with Gasteiger partial charge in [-0.25, -0.2) is 4.79 Å². The maximum absolute atomic E-state index is 12.2. The van der Waals surface area contributed by atoms with Crippen LogP contribution in [0.25, 0.3) is 0 Å².